The van der Waals surface area contributed by atoms with Crippen molar-refractivity contribution in [1.82, 2.24) is 10.2 Å². The van der Waals surface area contributed by atoms with Crippen LogP contribution in [0.15, 0.2) is 0 Å². The van der Waals surface area contributed by atoms with Crippen LogP contribution in [0.1, 0.15) is 52.4 Å². The minimum atomic E-state index is 0.323. The molecule has 3 heteroatoms. The maximum Gasteiger partial charge on any atom is 0.222 e. The van der Waals surface area contributed by atoms with E-state index < -0.39 is 0 Å². The molecule has 1 fully saturated rings. The molecule has 3 nitrogen and oxygen atoms in total. The Labute approximate surface area is 106 Å². The van der Waals surface area contributed by atoms with Gasteiger partial charge in [-0.15, -0.1) is 0 Å². The highest BCUT2D eigenvalue weighted by molar-refractivity contribution is 5.76. The summed E-state index contributed by atoms with van der Waals surface area (Å²) in [5, 5.41) is 3.41. The van der Waals surface area contributed by atoms with Crippen LogP contribution in [0.5, 0.6) is 0 Å². The maximum absolute atomic E-state index is 12.1. The van der Waals surface area contributed by atoms with Gasteiger partial charge in [0.05, 0.1) is 0 Å². The molecule has 1 atom stereocenters. The summed E-state index contributed by atoms with van der Waals surface area (Å²) in [6.45, 7) is 6.56. The van der Waals surface area contributed by atoms with Gasteiger partial charge >= 0.3 is 0 Å². The molecule has 0 radical (unpaired) electrons. The molecule has 1 unspecified atom stereocenters. The molecule has 0 spiro atoms. The Morgan fingerprint density at radius 1 is 1.41 bits per heavy atom. The normalized spacial score (nSPS) is 20.6. The number of piperidine rings is 1. The smallest absolute Gasteiger partial charge is 0.222 e. The number of amides is 1. The largest absolute Gasteiger partial charge is 0.343 e. The van der Waals surface area contributed by atoms with Gasteiger partial charge in [0.2, 0.25) is 5.91 Å². The fraction of sp³-hybridized carbons (Fsp3) is 0.929. The number of rotatable bonds is 6. The average Bonchev–Trinajstić information content (AvgIpc) is 2.38. The van der Waals surface area contributed by atoms with E-state index in [9.17, 15) is 4.79 Å². The van der Waals surface area contributed by atoms with Crippen LogP contribution >= 0.6 is 0 Å². The second-order valence-corrected chi connectivity index (χ2v) is 5.23. The molecule has 1 rings (SSSR count). The Kier molecular flexibility index (Phi) is 6.56. The number of hydrogen-bond acceptors (Lipinski definition) is 2. The maximum atomic E-state index is 12.1. The van der Waals surface area contributed by atoms with Gasteiger partial charge < -0.3 is 10.2 Å². The van der Waals surface area contributed by atoms with Gasteiger partial charge in [-0.2, -0.15) is 0 Å². The number of hydrogen-bond donors (Lipinski definition) is 1. The Hall–Kier alpha value is -0.570. The van der Waals surface area contributed by atoms with Crippen LogP contribution in [-0.4, -0.2) is 37.0 Å². The minimum Gasteiger partial charge on any atom is -0.343 e. The molecule has 0 aliphatic carbocycles. The van der Waals surface area contributed by atoms with Crippen LogP contribution in [0, 0.1) is 5.92 Å². The van der Waals surface area contributed by atoms with E-state index in [4.69, 9.17) is 0 Å². The van der Waals surface area contributed by atoms with E-state index in [2.05, 4.69) is 19.2 Å². The third-order valence-electron chi connectivity index (χ3n) is 4.05. The first-order valence-electron chi connectivity index (χ1n) is 7.15. The molecule has 0 saturated carbocycles. The molecule has 1 heterocycles. The van der Waals surface area contributed by atoms with E-state index in [0.29, 0.717) is 17.9 Å². The van der Waals surface area contributed by atoms with Gasteiger partial charge in [0.15, 0.2) is 0 Å². The predicted molar refractivity (Wildman–Crippen MR) is 72.0 cm³/mol. The van der Waals surface area contributed by atoms with Crippen molar-refractivity contribution in [2.24, 2.45) is 5.92 Å². The first kappa shape index (κ1) is 14.5. The highest BCUT2D eigenvalue weighted by Crippen LogP contribution is 2.17. The van der Waals surface area contributed by atoms with E-state index in [1.54, 1.807) is 0 Å². The van der Waals surface area contributed by atoms with E-state index in [0.717, 1.165) is 38.8 Å². The van der Waals surface area contributed by atoms with Crippen molar-refractivity contribution in [3.8, 4) is 0 Å². The first-order valence-corrected chi connectivity index (χ1v) is 7.15. The van der Waals surface area contributed by atoms with Gasteiger partial charge in [0, 0.05) is 19.5 Å². The van der Waals surface area contributed by atoms with Crippen LogP contribution in [-0.2, 0) is 4.79 Å². The average molecular weight is 240 g/mol. The highest BCUT2D eigenvalue weighted by atomic mass is 16.2. The van der Waals surface area contributed by atoms with Crippen molar-refractivity contribution in [3.05, 3.63) is 0 Å². The zero-order valence-corrected chi connectivity index (χ0v) is 11.7. The lowest BCUT2D eigenvalue weighted by atomic mass is 9.94. The van der Waals surface area contributed by atoms with Crippen molar-refractivity contribution in [3.63, 3.8) is 0 Å². The van der Waals surface area contributed by atoms with Gasteiger partial charge in [-0.1, -0.05) is 13.8 Å². The van der Waals surface area contributed by atoms with E-state index in [1.807, 2.05) is 11.9 Å². The summed E-state index contributed by atoms with van der Waals surface area (Å²) in [4.78, 5) is 14.0. The Morgan fingerprint density at radius 2 is 2.12 bits per heavy atom. The van der Waals surface area contributed by atoms with Gasteiger partial charge in [-0.05, 0) is 51.1 Å². The lowest BCUT2D eigenvalue weighted by molar-refractivity contribution is -0.132. The second-order valence-electron chi connectivity index (χ2n) is 5.23. The predicted octanol–water partition coefficient (Wildman–Crippen LogP) is 2.41. The number of nitrogens with one attached hydrogen (secondary N) is 1. The van der Waals surface area contributed by atoms with E-state index >= 15 is 0 Å². The summed E-state index contributed by atoms with van der Waals surface area (Å²) in [5.41, 5.74) is 0. The van der Waals surface area contributed by atoms with Crippen molar-refractivity contribution in [2.45, 2.75) is 58.4 Å². The zero-order chi connectivity index (χ0) is 12.7. The van der Waals surface area contributed by atoms with Crippen LogP contribution in [0.25, 0.3) is 0 Å². The molecule has 0 aromatic rings. The molecule has 1 amide bonds. The molecule has 17 heavy (non-hydrogen) atoms. The molecule has 100 valence electrons. The van der Waals surface area contributed by atoms with E-state index in [-0.39, 0.29) is 0 Å². The summed E-state index contributed by atoms with van der Waals surface area (Å²) in [6.07, 6.45) is 6.44. The Bertz CT molecular complexity index is 220. The first-order chi connectivity index (χ1) is 8.19. The summed E-state index contributed by atoms with van der Waals surface area (Å²) in [7, 11) is 1.96. The molecule has 0 aromatic carbocycles. The monoisotopic (exact) mass is 240 g/mol. The minimum absolute atomic E-state index is 0.323. The summed E-state index contributed by atoms with van der Waals surface area (Å²) in [6, 6.07) is 0.423. The number of nitrogens with zero attached hydrogens (tertiary/aromatic N) is 1. The topological polar surface area (TPSA) is 32.3 Å². The number of carbonyl (C=O) groups excluding carboxylic acids is 1. The third kappa shape index (κ3) is 4.66. The number of carbonyl (C=O) groups is 1. The molecule has 1 aliphatic rings. The van der Waals surface area contributed by atoms with Crippen LogP contribution < -0.4 is 5.32 Å². The standard InChI is InChI=1S/C14H28N2O/c1-4-13(5-2)16(3)14(17)9-8-12-7-6-10-15-11-12/h12-13,15H,4-11H2,1-3H3. The molecular weight excluding hydrogens is 212 g/mol. The van der Waals surface area contributed by atoms with Crippen molar-refractivity contribution in [2.75, 3.05) is 20.1 Å². The highest BCUT2D eigenvalue weighted by Gasteiger charge is 2.19. The van der Waals surface area contributed by atoms with Gasteiger partial charge in [-0.3, -0.25) is 4.79 Å². The SMILES string of the molecule is CCC(CC)N(C)C(=O)CCC1CCCNC1. The molecule has 1 saturated heterocycles. The van der Waals surface area contributed by atoms with Crippen molar-refractivity contribution in [1.29, 1.82) is 0 Å². The van der Waals surface area contributed by atoms with Gasteiger partial charge in [0.1, 0.15) is 0 Å². The van der Waals surface area contributed by atoms with Gasteiger partial charge in [0.25, 0.3) is 0 Å². The lowest BCUT2D eigenvalue weighted by Gasteiger charge is -2.28. The quantitative estimate of drug-likeness (QED) is 0.773. The van der Waals surface area contributed by atoms with Crippen molar-refractivity contribution < 1.29 is 4.79 Å². The van der Waals surface area contributed by atoms with E-state index in [1.165, 1.54) is 12.8 Å². The van der Waals surface area contributed by atoms with Crippen LogP contribution in [0.3, 0.4) is 0 Å². The molecule has 0 bridgehead atoms. The summed E-state index contributed by atoms with van der Waals surface area (Å²) in [5.74, 6) is 1.03. The molecular formula is C14H28N2O. The third-order valence-corrected chi connectivity index (χ3v) is 4.05. The summed E-state index contributed by atoms with van der Waals surface area (Å²) >= 11 is 0. The Morgan fingerprint density at radius 3 is 2.65 bits per heavy atom. The van der Waals surface area contributed by atoms with Crippen LogP contribution in [0.4, 0.5) is 0 Å². The lowest BCUT2D eigenvalue weighted by Crippen LogP contribution is -2.37. The second kappa shape index (κ2) is 7.70. The fourth-order valence-corrected chi connectivity index (χ4v) is 2.71. The van der Waals surface area contributed by atoms with Gasteiger partial charge in [-0.25, -0.2) is 0 Å². The van der Waals surface area contributed by atoms with Crippen LogP contribution in [0.2, 0.25) is 0 Å². The molecule has 0 aromatic heterocycles. The Balaban J connectivity index is 2.27. The fourth-order valence-electron chi connectivity index (χ4n) is 2.71. The zero-order valence-electron chi connectivity index (χ0n) is 11.7. The molecule has 1 aliphatic heterocycles. The van der Waals surface area contributed by atoms with Crippen molar-refractivity contribution >= 4 is 5.91 Å². The summed E-state index contributed by atoms with van der Waals surface area (Å²) < 4.78 is 0. The molecule has 1 N–H and O–H groups in total.